The van der Waals surface area contributed by atoms with Gasteiger partial charge in [0, 0.05) is 11.0 Å². The second-order valence-corrected chi connectivity index (χ2v) is 5.76. The maximum Gasteiger partial charge on any atom is 0.201 e. The van der Waals surface area contributed by atoms with Gasteiger partial charge in [0.1, 0.15) is 0 Å². The third-order valence-corrected chi connectivity index (χ3v) is 3.92. The van der Waals surface area contributed by atoms with Crippen molar-refractivity contribution in [3.05, 3.63) is 58.6 Å². The molecule has 0 atom stereocenters. The van der Waals surface area contributed by atoms with Crippen LogP contribution in [0.3, 0.4) is 0 Å². The first-order chi connectivity index (χ1) is 9.74. The first kappa shape index (κ1) is 13.2. The number of aryl methyl sites for hydroxylation is 2. The largest absolute Gasteiger partial charge is 0.369 e. The summed E-state index contributed by atoms with van der Waals surface area (Å²) in [5.41, 5.74) is 9.42. The van der Waals surface area contributed by atoms with E-state index in [9.17, 15) is 0 Å². The fourth-order valence-electron chi connectivity index (χ4n) is 2.44. The lowest BCUT2D eigenvalue weighted by Crippen LogP contribution is -2.04. The van der Waals surface area contributed by atoms with Crippen LogP contribution in [0.5, 0.6) is 0 Å². The number of hydrogen-bond acceptors (Lipinski definition) is 2. The van der Waals surface area contributed by atoms with Crippen molar-refractivity contribution in [2.24, 2.45) is 0 Å². The molecule has 0 spiro atoms. The van der Waals surface area contributed by atoms with Gasteiger partial charge in [-0.3, -0.25) is 0 Å². The maximum atomic E-state index is 6.02. The second kappa shape index (κ2) is 5.67. The first-order valence-electron chi connectivity index (χ1n) is 6.69. The number of aromatic nitrogens is 2. The number of nitrogen functional groups attached to an aromatic ring is 1. The molecule has 2 N–H and O–H groups in total. The predicted octanol–water partition coefficient (Wildman–Crippen LogP) is 4.01. The standard InChI is InChI=1S/C16H16BrN3/c17-13-8-9-15-14(11-13)19-16(18)20(15)10-4-7-12-5-2-1-3-6-12/h1-3,5-6,8-9,11H,4,7,10H2,(H2,18,19). The molecule has 0 radical (unpaired) electrons. The van der Waals surface area contributed by atoms with Gasteiger partial charge in [0.15, 0.2) is 0 Å². The number of benzene rings is 2. The average Bonchev–Trinajstić information content (AvgIpc) is 2.75. The van der Waals surface area contributed by atoms with Crippen LogP contribution in [0.1, 0.15) is 12.0 Å². The Hall–Kier alpha value is -1.81. The first-order valence-corrected chi connectivity index (χ1v) is 7.48. The zero-order valence-corrected chi connectivity index (χ0v) is 12.7. The Morgan fingerprint density at radius 2 is 1.90 bits per heavy atom. The summed E-state index contributed by atoms with van der Waals surface area (Å²) in [7, 11) is 0. The van der Waals surface area contributed by atoms with E-state index in [0.29, 0.717) is 5.95 Å². The normalized spacial score (nSPS) is 11.1. The lowest BCUT2D eigenvalue weighted by Gasteiger charge is -2.06. The quantitative estimate of drug-likeness (QED) is 0.785. The van der Waals surface area contributed by atoms with E-state index < -0.39 is 0 Å². The number of halogens is 1. The molecule has 0 amide bonds. The van der Waals surface area contributed by atoms with Gasteiger partial charge in [-0.2, -0.15) is 0 Å². The number of hydrogen-bond donors (Lipinski definition) is 1. The van der Waals surface area contributed by atoms with Gasteiger partial charge in [0.25, 0.3) is 0 Å². The SMILES string of the molecule is Nc1nc2cc(Br)ccc2n1CCCc1ccccc1. The zero-order valence-electron chi connectivity index (χ0n) is 11.1. The Morgan fingerprint density at radius 3 is 2.70 bits per heavy atom. The minimum Gasteiger partial charge on any atom is -0.369 e. The van der Waals surface area contributed by atoms with Crippen LogP contribution >= 0.6 is 15.9 Å². The van der Waals surface area contributed by atoms with Crippen LogP contribution in [-0.2, 0) is 13.0 Å². The molecule has 0 saturated heterocycles. The van der Waals surface area contributed by atoms with E-state index in [4.69, 9.17) is 5.73 Å². The minimum atomic E-state index is 0.589. The lowest BCUT2D eigenvalue weighted by atomic mass is 10.1. The molecule has 0 aliphatic heterocycles. The van der Waals surface area contributed by atoms with E-state index in [1.807, 2.05) is 18.2 Å². The third kappa shape index (κ3) is 2.70. The summed E-state index contributed by atoms with van der Waals surface area (Å²) in [5.74, 6) is 0.589. The molecule has 4 heteroatoms. The molecule has 3 aromatic rings. The van der Waals surface area contributed by atoms with Gasteiger partial charge < -0.3 is 10.3 Å². The van der Waals surface area contributed by atoms with Gasteiger partial charge in [0.05, 0.1) is 11.0 Å². The summed E-state index contributed by atoms with van der Waals surface area (Å²) in [5, 5.41) is 0. The molecule has 20 heavy (non-hydrogen) atoms. The van der Waals surface area contributed by atoms with Gasteiger partial charge in [-0.05, 0) is 36.6 Å². The summed E-state index contributed by atoms with van der Waals surface area (Å²) < 4.78 is 3.11. The molecule has 0 unspecified atom stereocenters. The molecule has 2 aromatic carbocycles. The van der Waals surface area contributed by atoms with Crippen molar-refractivity contribution in [1.82, 2.24) is 9.55 Å². The van der Waals surface area contributed by atoms with Crippen molar-refractivity contribution < 1.29 is 0 Å². The molecule has 3 nitrogen and oxygen atoms in total. The molecule has 0 fully saturated rings. The molecule has 0 aliphatic rings. The van der Waals surface area contributed by atoms with Crippen LogP contribution in [0, 0.1) is 0 Å². The Bertz CT molecular complexity index is 719. The van der Waals surface area contributed by atoms with E-state index in [-0.39, 0.29) is 0 Å². The highest BCUT2D eigenvalue weighted by atomic mass is 79.9. The monoisotopic (exact) mass is 329 g/mol. The van der Waals surface area contributed by atoms with Gasteiger partial charge >= 0.3 is 0 Å². The summed E-state index contributed by atoms with van der Waals surface area (Å²) in [6.45, 7) is 0.888. The van der Waals surface area contributed by atoms with E-state index in [2.05, 4.69) is 55.8 Å². The Labute approximate surface area is 126 Å². The highest BCUT2D eigenvalue weighted by Crippen LogP contribution is 2.22. The smallest absolute Gasteiger partial charge is 0.201 e. The summed E-state index contributed by atoms with van der Waals surface area (Å²) in [6.07, 6.45) is 2.10. The molecule has 0 bridgehead atoms. The molecule has 0 saturated carbocycles. The average molecular weight is 330 g/mol. The van der Waals surface area contributed by atoms with Crippen LogP contribution in [0.2, 0.25) is 0 Å². The Kier molecular flexibility index (Phi) is 3.74. The fourth-order valence-corrected chi connectivity index (χ4v) is 2.79. The van der Waals surface area contributed by atoms with E-state index in [1.54, 1.807) is 0 Å². The van der Waals surface area contributed by atoms with Crippen molar-refractivity contribution in [1.29, 1.82) is 0 Å². The summed E-state index contributed by atoms with van der Waals surface area (Å²) >= 11 is 3.46. The second-order valence-electron chi connectivity index (χ2n) is 4.84. The fraction of sp³-hybridized carbons (Fsp3) is 0.188. The predicted molar refractivity (Wildman–Crippen MR) is 86.6 cm³/mol. The number of nitrogens with zero attached hydrogens (tertiary/aromatic N) is 2. The van der Waals surface area contributed by atoms with Crippen LogP contribution < -0.4 is 5.73 Å². The highest BCUT2D eigenvalue weighted by molar-refractivity contribution is 9.10. The topological polar surface area (TPSA) is 43.8 Å². The van der Waals surface area contributed by atoms with Crippen LogP contribution in [0.15, 0.2) is 53.0 Å². The van der Waals surface area contributed by atoms with Crippen molar-refractivity contribution in [3.63, 3.8) is 0 Å². The molecule has 1 heterocycles. The van der Waals surface area contributed by atoms with E-state index >= 15 is 0 Å². The van der Waals surface area contributed by atoms with Gasteiger partial charge in [0.2, 0.25) is 5.95 Å². The maximum absolute atomic E-state index is 6.02. The zero-order chi connectivity index (χ0) is 13.9. The summed E-state index contributed by atoms with van der Waals surface area (Å²) in [4.78, 5) is 4.41. The van der Waals surface area contributed by atoms with Crippen LogP contribution in [0.4, 0.5) is 5.95 Å². The highest BCUT2D eigenvalue weighted by Gasteiger charge is 2.08. The molecule has 102 valence electrons. The van der Waals surface area contributed by atoms with Crippen molar-refractivity contribution in [2.45, 2.75) is 19.4 Å². The molecule has 0 aliphatic carbocycles. The molecule has 3 rings (SSSR count). The number of fused-ring (bicyclic) bond motifs is 1. The molecular weight excluding hydrogens is 314 g/mol. The Balaban J connectivity index is 1.76. The lowest BCUT2D eigenvalue weighted by molar-refractivity contribution is 0.665. The summed E-state index contributed by atoms with van der Waals surface area (Å²) in [6, 6.07) is 16.6. The van der Waals surface area contributed by atoms with E-state index in [1.165, 1.54) is 5.56 Å². The number of rotatable bonds is 4. The van der Waals surface area contributed by atoms with E-state index in [0.717, 1.165) is 34.9 Å². The molecular formula is C16H16BrN3. The van der Waals surface area contributed by atoms with Gasteiger partial charge in [-0.25, -0.2) is 4.98 Å². The van der Waals surface area contributed by atoms with Crippen molar-refractivity contribution >= 4 is 32.9 Å². The number of anilines is 1. The number of imidazole rings is 1. The molecule has 1 aromatic heterocycles. The van der Waals surface area contributed by atoms with Gasteiger partial charge in [-0.15, -0.1) is 0 Å². The van der Waals surface area contributed by atoms with Crippen molar-refractivity contribution in [2.75, 3.05) is 5.73 Å². The van der Waals surface area contributed by atoms with Crippen molar-refractivity contribution in [3.8, 4) is 0 Å². The van der Waals surface area contributed by atoms with Crippen LogP contribution in [0.25, 0.3) is 11.0 Å². The Morgan fingerprint density at radius 1 is 1.10 bits per heavy atom. The third-order valence-electron chi connectivity index (χ3n) is 3.43. The van der Waals surface area contributed by atoms with Crippen LogP contribution in [-0.4, -0.2) is 9.55 Å². The van der Waals surface area contributed by atoms with Gasteiger partial charge in [-0.1, -0.05) is 46.3 Å². The minimum absolute atomic E-state index is 0.589. The number of nitrogens with two attached hydrogens (primary N) is 1.